The van der Waals surface area contributed by atoms with Gasteiger partial charge in [0.1, 0.15) is 17.3 Å². The van der Waals surface area contributed by atoms with Crippen LogP contribution in [0, 0.1) is 0 Å². The van der Waals surface area contributed by atoms with Crippen LogP contribution in [0.2, 0.25) is 0 Å². The van der Waals surface area contributed by atoms with Crippen LogP contribution in [-0.4, -0.2) is 47.7 Å². The summed E-state index contributed by atoms with van der Waals surface area (Å²) in [7, 11) is 2.01. The molecule has 0 aliphatic carbocycles. The zero-order chi connectivity index (χ0) is 24.9. The molecule has 0 unspecified atom stereocenters. The van der Waals surface area contributed by atoms with Gasteiger partial charge in [0.2, 0.25) is 0 Å². The molecule has 8 nitrogen and oxygen atoms in total. The van der Waals surface area contributed by atoms with Crippen molar-refractivity contribution in [2.45, 2.75) is 58.2 Å². The summed E-state index contributed by atoms with van der Waals surface area (Å²) in [6.45, 7) is 7.53. The van der Waals surface area contributed by atoms with Crippen LogP contribution in [-0.2, 0) is 20.0 Å². The average Bonchev–Trinajstić information content (AvgIpc) is 3.48. The van der Waals surface area contributed by atoms with Crippen molar-refractivity contribution >= 4 is 0 Å². The molecular formula is C28H35N7O. The number of aryl methyl sites for hydroxylation is 2. The zero-order valence-corrected chi connectivity index (χ0v) is 21.4. The molecule has 8 heteroatoms. The number of hydrogen-bond donors (Lipinski definition) is 0. The Kier molecular flexibility index (Phi) is 7.41. The van der Waals surface area contributed by atoms with E-state index in [0.717, 1.165) is 54.5 Å². The van der Waals surface area contributed by atoms with Gasteiger partial charge in [-0.15, -0.1) is 15.3 Å². The highest BCUT2D eigenvalue weighted by atomic mass is 16.5. The maximum atomic E-state index is 6.01. The summed E-state index contributed by atoms with van der Waals surface area (Å²) in [5.41, 5.74) is 3.39. The third kappa shape index (κ3) is 5.49. The van der Waals surface area contributed by atoms with Crippen molar-refractivity contribution in [3.63, 3.8) is 0 Å². The molecule has 1 aliphatic heterocycles. The second-order valence-corrected chi connectivity index (χ2v) is 9.62. The molecule has 2 atom stereocenters. The van der Waals surface area contributed by atoms with E-state index in [1.807, 2.05) is 59.7 Å². The molecule has 5 rings (SSSR count). The topological polar surface area (TPSA) is 73.9 Å². The number of nitrogens with zero attached hydrogens (tertiary/aromatic N) is 7. The Morgan fingerprint density at radius 3 is 2.42 bits per heavy atom. The molecule has 0 radical (unpaired) electrons. The quantitative estimate of drug-likeness (QED) is 0.278. The third-order valence-corrected chi connectivity index (χ3v) is 7.12. The summed E-state index contributed by atoms with van der Waals surface area (Å²) >= 11 is 0. The molecule has 3 heterocycles. The number of para-hydroxylation sites is 1. The van der Waals surface area contributed by atoms with Gasteiger partial charge < -0.3 is 9.30 Å². The second kappa shape index (κ2) is 11.0. The molecule has 0 spiro atoms. The van der Waals surface area contributed by atoms with Crippen molar-refractivity contribution < 1.29 is 4.74 Å². The lowest BCUT2D eigenvalue weighted by molar-refractivity contribution is 0.128. The van der Waals surface area contributed by atoms with E-state index in [1.165, 1.54) is 25.1 Å². The van der Waals surface area contributed by atoms with Gasteiger partial charge in [-0.25, -0.2) is 0 Å². The molecule has 0 bridgehead atoms. The van der Waals surface area contributed by atoms with Gasteiger partial charge in [0.25, 0.3) is 0 Å². The first-order valence-corrected chi connectivity index (χ1v) is 12.9. The molecule has 188 valence electrons. The van der Waals surface area contributed by atoms with Gasteiger partial charge in [0, 0.05) is 31.6 Å². The Labute approximate surface area is 212 Å². The van der Waals surface area contributed by atoms with Crippen LogP contribution in [0.5, 0.6) is 5.75 Å². The van der Waals surface area contributed by atoms with Crippen molar-refractivity contribution in [3.8, 4) is 17.0 Å². The summed E-state index contributed by atoms with van der Waals surface area (Å²) in [6, 6.07) is 19.1. The average molecular weight is 486 g/mol. The maximum Gasteiger partial charge on any atom is 0.173 e. The summed E-state index contributed by atoms with van der Waals surface area (Å²) in [5, 5.41) is 17.5. The normalized spacial score (nSPS) is 15.4. The molecule has 0 N–H and O–H groups in total. The molecule has 2 aromatic carbocycles. The fraction of sp³-hybridized carbons (Fsp3) is 0.429. The highest BCUT2D eigenvalue weighted by molar-refractivity contribution is 5.58. The van der Waals surface area contributed by atoms with E-state index in [4.69, 9.17) is 4.74 Å². The van der Waals surface area contributed by atoms with E-state index in [-0.39, 0.29) is 6.10 Å². The molecule has 4 aromatic rings. The van der Waals surface area contributed by atoms with E-state index < -0.39 is 0 Å². The van der Waals surface area contributed by atoms with Crippen LogP contribution in [0.4, 0.5) is 0 Å². The molecule has 1 aliphatic rings. The Balaban J connectivity index is 1.10. The number of benzene rings is 2. The number of hydrogen-bond acceptors (Lipinski definition) is 6. The van der Waals surface area contributed by atoms with E-state index in [1.54, 1.807) is 0 Å². The summed E-state index contributed by atoms with van der Waals surface area (Å²) in [6.07, 6.45) is 6.04. The molecule has 1 fully saturated rings. The summed E-state index contributed by atoms with van der Waals surface area (Å²) in [5.74, 6) is 2.64. The minimum atomic E-state index is -0.166. The fourth-order valence-corrected chi connectivity index (χ4v) is 4.67. The Bertz CT molecular complexity index is 1240. The lowest BCUT2D eigenvalue weighted by Gasteiger charge is -2.36. The van der Waals surface area contributed by atoms with Gasteiger partial charge in [-0.05, 0) is 63.9 Å². The lowest BCUT2D eigenvalue weighted by Crippen LogP contribution is -2.38. The van der Waals surface area contributed by atoms with Crippen LogP contribution in [0.25, 0.3) is 11.3 Å². The van der Waals surface area contributed by atoms with Crippen LogP contribution < -0.4 is 4.74 Å². The Morgan fingerprint density at radius 2 is 1.69 bits per heavy atom. The highest BCUT2D eigenvalue weighted by Gasteiger charge is 2.21. The van der Waals surface area contributed by atoms with Crippen LogP contribution in [0.15, 0.2) is 60.8 Å². The SMILES string of the molecule is C[C@H](Oc1ccccc1)c1nnc(CCCCn2cc(-c3ccc([C@@H](C)N4CCC4)cc3)nn2)n1C. The van der Waals surface area contributed by atoms with Crippen molar-refractivity contribution in [2.75, 3.05) is 13.1 Å². The zero-order valence-electron chi connectivity index (χ0n) is 21.4. The standard InChI is InChI=1S/C28H35N7O/c1-21(34-17-9-18-34)23-13-15-24(16-14-23)26-20-35(32-29-26)19-8-7-12-27-30-31-28(33(27)3)22(2)36-25-10-5-4-6-11-25/h4-6,10-11,13-16,20-22H,7-9,12,17-19H2,1-3H3/t21-,22+/m1/s1. The van der Waals surface area contributed by atoms with Crippen LogP contribution in [0.3, 0.4) is 0 Å². The molecule has 1 saturated heterocycles. The predicted molar refractivity (Wildman–Crippen MR) is 139 cm³/mol. The van der Waals surface area contributed by atoms with E-state index >= 15 is 0 Å². The summed E-state index contributed by atoms with van der Waals surface area (Å²) < 4.78 is 9.99. The van der Waals surface area contributed by atoms with Gasteiger partial charge in [0.05, 0.1) is 6.20 Å². The van der Waals surface area contributed by atoms with Crippen molar-refractivity contribution in [1.82, 2.24) is 34.7 Å². The van der Waals surface area contributed by atoms with E-state index in [0.29, 0.717) is 6.04 Å². The monoisotopic (exact) mass is 485 g/mol. The van der Waals surface area contributed by atoms with Crippen molar-refractivity contribution in [1.29, 1.82) is 0 Å². The van der Waals surface area contributed by atoms with Crippen LogP contribution >= 0.6 is 0 Å². The molecule has 0 amide bonds. The first-order valence-electron chi connectivity index (χ1n) is 12.9. The number of rotatable bonds is 11. The number of aromatic nitrogens is 6. The number of unbranched alkanes of at least 4 members (excludes halogenated alkanes) is 1. The Hall–Kier alpha value is -3.52. The van der Waals surface area contributed by atoms with Crippen molar-refractivity contribution in [3.05, 3.63) is 78.0 Å². The van der Waals surface area contributed by atoms with Gasteiger partial charge in [0.15, 0.2) is 11.9 Å². The second-order valence-electron chi connectivity index (χ2n) is 9.62. The Morgan fingerprint density at radius 1 is 0.917 bits per heavy atom. The minimum absolute atomic E-state index is 0.166. The highest BCUT2D eigenvalue weighted by Crippen LogP contribution is 2.27. The lowest BCUT2D eigenvalue weighted by atomic mass is 10.0. The van der Waals surface area contributed by atoms with E-state index in [9.17, 15) is 0 Å². The van der Waals surface area contributed by atoms with Crippen molar-refractivity contribution in [2.24, 2.45) is 7.05 Å². The largest absolute Gasteiger partial charge is 0.483 e. The first kappa shape index (κ1) is 24.2. The summed E-state index contributed by atoms with van der Waals surface area (Å²) in [4.78, 5) is 2.51. The number of ether oxygens (including phenoxy) is 1. The van der Waals surface area contributed by atoms with Gasteiger partial charge in [-0.1, -0.05) is 47.7 Å². The predicted octanol–water partition coefficient (Wildman–Crippen LogP) is 5.00. The minimum Gasteiger partial charge on any atom is -0.483 e. The van der Waals surface area contributed by atoms with Gasteiger partial charge >= 0.3 is 0 Å². The fourth-order valence-electron chi connectivity index (χ4n) is 4.67. The molecule has 0 saturated carbocycles. The molecular weight excluding hydrogens is 450 g/mol. The number of likely N-dealkylation sites (tertiary alicyclic amines) is 1. The van der Waals surface area contributed by atoms with Gasteiger partial charge in [-0.2, -0.15) is 0 Å². The van der Waals surface area contributed by atoms with Gasteiger partial charge in [-0.3, -0.25) is 9.58 Å². The first-order chi connectivity index (χ1) is 17.6. The van der Waals surface area contributed by atoms with E-state index in [2.05, 4.69) is 56.6 Å². The van der Waals surface area contributed by atoms with Crippen LogP contribution in [0.1, 0.15) is 62.5 Å². The molecule has 36 heavy (non-hydrogen) atoms. The smallest absolute Gasteiger partial charge is 0.173 e. The molecule has 2 aromatic heterocycles. The third-order valence-electron chi connectivity index (χ3n) is 7.12. The maximum absolute atomic E-state index is 6.01.